The van der Waals surface area contributed by atoms with Gasteiger partial charge in [-0.2, -0.15) is 0 Å². The molecule has 2 saturated carbocycles. The second-order valence-electron chi connectivity index (χ2n) is 7.29. The number of hydrogen-bond donors (Lipinski definition) is 2. The van der Waals surface area contributed by atoms with Gasteiger partial charge < -0.3 is 15.3 Å². The minimum Gasteiger partial charge on any atom is -0.396 e. The van der Waals surface area contributed by atoms with Crippen LogP contribution in [0.3, 0.4) is 0 Å². The highest BCUT2D eigenvalue weighted by molar-refractivity contribution is 5.74. The smallest absolute Gasteiger partial charge is 0.317 e. The van der Waals surface area contributed by atoms with E-state index in [1.54, 1.807) is 0 Å². The zero-order chi connectivity index (χ0) is 15.4. The number of aliphatic hydroxyl groups excluding tert-OH is 1. The van der Waals surface area contributed by atoms with E-state index < -0.39 is 0 Å². The second-order valence-corrected chi connectivity index (χ2v) is 7.29. The highest BCUT2D eigenvalue weighted by Gasteiger charge is 2.31. The summed E-state index contributed by atoms with van der Waals surface area (Å²) < 4.78 is 0. The van der Waals surface area contributed by atoms with Crippen LogP contribution in [0.1, 0.15) is 58.8 Å². The molecular weight excluding hydrogens is 264 g/mol. The van der Waals surface area contributed by atoms with Crippen molar-refractivity contribution < 1.29 is 9.90 Å². The molecule has 2 N–H and O–H groups in total. The summed E-state index contributed by atoms with van der Waals surface area (Å²) in [5.41, 5.74) is 0. The van der Waals surface area contributed by atoms with Crippen molar-refractivity contribution in [2.45, 2.75) is 70.9 Å². The van der Waals surface area contributed by atoms with Crippen molar-refractivity contribution in [3.05, 3.63) is 0 Å². The van der Waals surface area contributed by atoms with Crippen molar-refractivity contribution in [2.75, 3.05) is 13.7 Å². The van der Waals surface area contributed by atoms with E-state index >= 15 is 0 Å². The zero-order valence-corrected chi connectivity index (χ0v) is 13.8. The Hall–Kier alpha value is -0.770. The van der Waals surface area contributed by atoms with Crippen LogP contribution < -0.4 is 5.32 Å². The Morgan fingerprint density at radius 2 is 1.81 bits per heavy atom. The summed E-state index contributed by atoms with van der Waals surface area (Å²) in [5.74, 6) is 1.72. The highest BCUT2D eigenvalue weighted by atomic mass is 16.3. The van der Waals surface area contributed by atoms with Crippen LogP contribution in [0.4, 0.5) is 4.79 Å². The van der Waals surface area contributed by atoms with Crippen molar-refractivity contribution in [3.63, 3.8) is 0 Å². The Labute approximate surface area is 129 Å². The van der Waals surface area contributed by atoms with E-state index in [1.165, 1.54) is 12.8 Å². The molecule has 2 amide bonds. The van der Waals surface area contributed by atoms with Crippen LogP contribution in [0.25, 0.3) is 0 Å². The lowest BCUT2D eigenvalue weighted by molar-refractivity contribution is 0.126. The van der Waals surface area contributed by atoms with Gasteiger partial charge in [-0.1, -0.05) is 26.7 Å². The number of urea groups is 1. The van der Waals surface area contributed by atoms with Gasteiger partial charge in [0, 0.05) is 25.7 Å². The molecule has 2 rings (SSSR count). The molecule has 21 heavy (non-hydrogen) atoms. The Morgan fingerprint density at radius 3 is 2.43 bits per heavy atom. The lowest BCUT2D eigenvalue weighted by Crippen LogP contribution is -2.51. The molecule has 3 unspecified atom stereocenters. The lowest BCUT2D eigenvalue weighted by Gasteiger charge is -2.38. The van der Waals surface area contributed by atoms with E-state index in [4.69, 9.17) is 0 Å². The summed E-state index contributed by atoms with van der Waals surface area (Å²) in [4.78, 5) is 14.4. The fourth-order valence-electron chi connectivity index (χ4n) is 3.93. The lowest BCUT2D eigenvalue weighted by atomic mass is 9.78. The third-order valence-electron chi connectivity index (χ3n) is 5.96. The highest BCUT2D eigenvalue weighted by Crippen LogP contribution is 2.30. The number of rotatable bonds is 3. The first-order valence-electron chi connectivity index (χ1n) is 8.67. The van der Waals surface area contributed by atoms with Crippen LogP contribution in [0.5, 0.6) is 0 Å². The van der Waals surface area contributed by atoms with Crippen molar-refractivity contribution in [3.8, 4) is 0 Å². The molecule has 0 aromatic rings. The Morgan fingerprint density at radius 1 is 1.14 bits per heavy atom. The largest absolute Gasteiger partial charge is 0.396 e. The van der Waals surface area contributed by atoms with Crippen LogP contribution in [0.15, 0.2) is 0 Å². The molecule has 2 fully saturated rings. The van der Waals surface area contributed by atoms with Crippen LogP contribution in [0, 0.1) is 17.8 Å². The van der Waals surface area contributed by atoms with Crippen molar-refractivity contribution in [2.24, 2.45) is 17.8 Å². The Bertz CT molecular complexity index is 340. The number of nitrogens with zero attached hydrogens (tertiary/aromatic N) is 1. The predicted octanol–water partition coefficient (Wildman–Crippen LogP) is 3.00. The summed E-state index contributed by atoms with van der Waals surface area (Å²) in [6.07, 6.45) is 7.74. The topological polar surface area (TPSA) is 52.6 Å². The molecular formula is C17H32N2O2. The van der Waals surface area contributed by atoms with Gasteiger partial charge in [0.1, 0.15) is 0 Å². The van der Waals surface area contributed by atoms with Crippen molar-refractivity contribution in [1.29, 1.82) is 0 Å². The molecule has 0 radical (unpaired) electrons. The molecule has 2 aliphatic carbocycles. The van der Waals surface area contributed by atoms with Crippen LogP contribution in [-0.4, -0.2) is 41.8 Å². The molecule has 0 spiro atoms. The summed E-state index contributed by atoms with van der Waals surface area (Å²) >= 11 is 0. The Balaban J connectivity index is 1.82. The summed E-state index contributed by atoms with van der Waals surface area (Å²) in [6, 6.07) is 0.759. The number of amides is 2. The molecule has 3 atom stereocenters. The normalized spacial score (nSPS) is 37.0. The van der Waals surface area contributed by atoms with E-state index in [1.807, 2.05) is 11.9 Å². The molecule has 122 valence electrons. The standard InChI is InChI=1S/C17H32N2O2/c1-12-5-4-6-16(13(12)2)18-17(21)19(3)15-9-7-14(11-20)8-10-15/h12-16,20H,4-11H2,1-3H3,(H,18,21). The van der Waals surface area contributed by atoms with Gasteiger partial charge >= 0.3 is 6.03 Å². The van der Waals surface area contributed by atoms with E-state index in [-0.39, 0.29) is 6.03 Å². The minimum absolute atomic E-state index is 0.0911. The summed E-state index contributed by atoms with van der Waals surface area (Å²) in [5, 5.41) is 12.5. The molecule has 0 heterocycles. The van der Waals surface area contributed by atoms with E-state index in [2.05, 4.69) is 19.2 Å². The molecule has 0 aromatic carbocycles. The van der Waals surface area contributed by atoms with Crippen LogP contribution in [0.2, 0.25) is 0 Å². The maximum Gasteiger partial charge on any atom is 0.317 e. The van der Waals surface area contributed by atoms with Gasteiger partial charge in [-0.15, -0.1) is 0 Å². The van der Waals surface area contributed by atoms with Gasteiger partial charge in [0.2, 0.25) is 0 Å². The summed E-state index contributed by atoms with van der Waals surface area (Å²) in [6.45, 7) is 4.85. The quantitative estimate of drug-likeness (QED) is 0.841. The van der Waals surface area contributed by atoms with Crippen LogP contribution in [-0.2, 0) is 0 Å². The molecule has 2 aliphatic rings. The second kappa shape index (κ2) is 7.48. The third-order valence-corrected chi connectivity index (χ3v) is 5.96. The number of aliphatic hydroxyl groups is 1. The summed E-state index contributed by atoms with van der Waals surface area (Å²) in [7, 11) is 1.93. The Kier molecular flexibility index (Phi) is 5.91. The molecule has 0 bridgehead atoms. The van der Waals surface area contributed by atoms with Gasteiger partial charge in [0.05, 0.1) is 0 Å². The van der Waals surface area contributed by atoms with Gasteiger partial charge in [-0.05, 0) is 49.9 Å². The fourth-order valence-corrected chi connectivity index (χ4v) is 3.93. The number of carbonyl (C=O) groups excluding carboxylic acids is 1. The zero-order valence-electron chi connectivity index (χ0n) is 13.8. The van der Waals surface area contributed by atoms with E-state index in [0.717, 1.165) is 32.1 Å². The average Bonchev–Trinajstić information content (AvgIpc) is 2.51. The molecule has 0 aromatic heterocycles. The van der Waals surface area contributed by atoms with Crippen molar-refractivity contribution in [1.82, 2.24) is 10.2 Å². The molecule has 4 heteroatoms. The number of nitrogens with one attached hydrogen (secondary N) is 1. The van der Waals surface area contributed by atoms with Crippen LogP contribution >= 0.6 is 0 Å². The SMILES string of the molecule is CC1CCCC(NC(=O)N(C)C2CCC(CO)CC2)C1C. The maximum atomic E-state index is 12.5. The number of carbonyl (C=O) groups is 1. The monoisotopic (exact) mass is 296 g/mol. The van der Waals surface area contributed by atoms with Gasteiger partial charge in [0.25, 0.3) is 0 Å². The maximum absolute atomic E-state index is 12.5. The molecule has 4 nitrogen and oxygen atoms in total. The third kappa shape index (κ3) is 4.12. The minimum atomic E-state index is 0.0911. The van der Waals surface area contributed by atoms with Crippen molar-refractivity contribution >= 4 is 6.03 Å². The predicted molar refractivity (Wildman–Crippen MR) is 85.1 cm³/mol. The first kappa shape index (κ1) is 16.6. The van der Waals surface area contributed by atoms with Gasteiger partial charge in [0.15, 0.2) is 0 Å². The van der Waals surface area contributed by atoms with Gasteiger partial charge in [-0.25, -0.2) is 4.79 Å². The first-order chi connectivity index (χ1) is 10.0. The number of hydrogen-bond acceptors (Lipinski definition) is 2. The van der Waals surface area contributed by atoms with Gasteiger partial charge in [-0.3, -0.25) is 0 Å². The first-order valence-corrected chi connectivity index (χ1v) is 8.67. The molecule has 0 aliphatic heterocycles. The molecule has 0 saturated heterocycles. The fraction of sp³-hybridized carbons (Fsp3) is 0.941. The average molecular weight is 296 g/mol. The van der Waals surface area contributed by atoms with E-state index in [9.17, 15) is 9.90 Å². The van der Waals surface area contributed by atoms with E-state index in [0.29, 0.717) is 36.4 Å².